The van der Waals surface area contributed by atoms with Gasteiger partial charge >= 0.3 is 0 Å². The van der Waals surface area contributed by atoms with E-state index in [-0.39, 0.29) is 34.1 Å². The Bertz CT molecular complexity index is 807. The van der Waals surface area contributed by atoms with Crippen LogP contribution in [0.15, 0.2) is 21.7 Å². The van der Waals surface area contributed by atoms with Gasteiger partial charge in [0, 0.05) is 37.6 Å². The van der Waals surface area contributed by atoms with Crippen LogP contribution in [0.3, 0.4) is 0 Å². The standard InChI is InChI=1S/C17H24N4O4S2/c22-15(19-11-3-4-11)6-5-13-9-18-17(23)14-8-12(10-21(13)14)20-27(24,25)16-2-1-7-26-16/h1-2,7,11-14,20H,3-6,8-10H2,(H,18,23)(H,19,22)/t12-,13-,14+/m1/s1. The lowest BCUT2D eigenvalue weighted by molar-refractivity contribution is -0.129. The van der Waals surface area contributed by atoms with Gasteiger partial charge in [-0.2, -0.15) is 0 Å². The topological polar surface area (TPSA) is 108 Å². The summed E-state index contributed by atoms with van der Waals surface area (Å²) in [6.45, 7) is 0.980. The Morgan fingerprint density at radius 3 is 2.85 bits per heavy atom. The van der Waals surface area contributed by atoms with Crippen molar-refractivity contribution in [3.8, 4) is 0 Å². The van der Waals surface area contributed by atoms with E-state index in [0.29, 0.717) is 38.4 Å². The molecule has 0 bridgehead atoms. The van der Waals surface area contributed by atoms with E-state index >= 15 is 0 Å². The second kappa shape index (κ2) is 7.50. The highest BCUT2D eigenvalue weighted by Crippen LogP contribution is 2.27. The third-order valence-electron chi connectivity index (χ3n) is 5.35. The van der Waals surface area contributed by atoms with Gasteiger partial charge in [-0.25, -0.2) is 13.1 Å². The van der Waals surface area contributed by atoms with Crippen LogP contribution in [-0.2, 0) is 19.6 Å². The summed E-state index contributed by atoms with van der Waals surface area (Å²) in [4.78, 5) is 26.3. The molecule has 2 saturated heterocycles. The van der Waals surface area contributed by atoms with Gasteiger partial charge in [-0.3, -0.25) is 14.5 Å². The predicted molar refractivity (Wildman–Crippen MR) is 101 cm³/mol. The third-order valence-corrected chi connectivity index (χ3v) is 8.27. The first kappa shape index (κ1) is 18.9. The van der Waals surface area contributed by atoms with E-state index in [4.69, 9.17) is 0 Å². The Balaban J connectivity index is 1.37. The molecule has 3 aliphatic rings. The lowest BCUT2D eigenvalue weighted by atomic mass is 10.0. The van der Waals surface area contributed by atoms with Crippen LogP contribution in [0.5, 0.6) is 0 Å². The number of fused-ring (bicyclic) bond motifs is 1. The highest BCUT2D eigenvalue weighted by Gasteiger charge is 2.44. The molecular weight excluding hydrogens is 388 g/mol. The molecule has 3 fully saturated rings. The van der Waals surface area contributed by atoms with Crippen molar-refractivity contribution >= 4 is 33.2 Å². The Hall–Kier alpha value is -1.49. The van der Waals surface area contributed by atoms with Crippen LogP contribution in [0.25, 0.3) is 0 Å². The molecule has 1 aromatic heterocycles. The quantitative estimate of drug-likeness (QED) is 0.586. The van der Waals surface area contributed by atoms with E-state index in [2.05, 4.69) is 20.3 Å². The molecule has 0 radical (unpaired) electrons. The van der Waals surface area contributed by atoms with Gasteiger partial charge in [-0.1, -0.05) is 6.07 Å². The minimum absolute atomic E-state index is 0.0499. The first-order valence-electron chi connectivity index (χ1n) is 9.31. The molecule has 3 atom stereocenters. The van der Waals surface area contributed by atoms with E-state index in [1.165, 1.54) is 11.3 Å². The van der Waals surface area contributed by atoms with Crippen molar-refractivity contribution in [2.24, 2.45) is 0 Å². The highest BCUT2D eigenvalue weighted by molar-refractivity contribution is 7.91. The van der Waals surface area contributed by atoms with Gasteiger partial charge in [-0.15, -0.1) is 11.3 Å². The minimum atomic E-state index is -3.56. The van der Waals surface area contributed by atoms with E-state index in [1.54, 1.807) is 17.5 Å². The molecule has 4 rings (SSSR count). The molecule has 3 heterocycles. The largest absolute Gasteiger partial charge is 0.353 e. The SMILES string of the molecule is O=C(CC[C@@H]1CNC(=O)[C@@H]2C[C@@H](NS(=O)(=O)c3cccs3)CN12)NC1CC1. The van der Waals surface area contributed by atoms with E-state index in [0.717, 1.165) is 12.8 Å². The smallest absolute Gasteiger partial charge is 0.250 e. The number of hydrogen-bond acceptors (Lipinski definition) is 6. The molecule has 10 heteroatoms. The average molecular weight is 413 g/mol. The van der Waals surface area contributed by atoms with Gasteiger partial charge in [0.05, 0.1) is 6.04 Å². The number of thiophene rings is 1. The van der Waals surface area contributed by atoms with Crippen molar-refractivity contribution in [3.05, 3.63) is 17.5 Å². The molecular formula is C17H24N4O4S2. The van der Waals surface area contributed by atoms with Crippen LogP contribution < -0.4 is 15.4 Å². The Morgan fingerprint density at radius 1 is 1.33 bits per heavy atom. The summed E-state index contributed by atoms with van der Waals surface area (Å²) in [6.07, 6.45) is 3.64. The van der Waals surface area contributed by atoms with Crippen molar-refractivity contribution in [3.63, 3.8) is 0 Å². The van der Waals surface area contributed by atoms with E-state index in [9.17, 15) is 18.0 Å². The van der Waals surface area contributed by atoms with Crippen LogP contribution in [0.1, 0.15) is 32.1 Å². The maximum atomic E-state index is 12.5. The molecule has 2 amide bonds. The van der Waals surface area contributed by atoms with Crippen LogP contribution in [0.2, 0.25) is 0 Å². The molecule has 2 aliphatic heterocycles. The number of rotatable bonds is 7. The van der Waals surface area contributed by atoms with Crippen molar-refractivity contribution in [2.75, 3.05) is 13.1 Å². The maximum absolute atomic E-state index is 12.5. The fourth-order valence-electron chi connectivity index (χ4n) is 3.85. The lowest BCUT2D eigenvalue weighted by Gasteiger charge is -2.37. The first-order chi connectivity index (χ1) is 12.9. The summed E-state index contributed by atoms with van der Waals surface area (Å²) in [5.74, 6) is -0.00778. The Labute approximate surface area is 162 Å². The summed E-state index contributed by atoms with van der Waals surface area (Å²) in [5, 5.41) is 7.61. The fourth-order valence-corrected chi connectivity index (χ4v) is 6.10. The first-order valence-corrected chi connectivity index (χ1v) is 11.7. The van der Waals surface area contributed by atoms with Gasteiger partial charge in [-0.05, 0) is 37.1 Å². The third kappa shape index (κ3) is 4.34. The van der Waals surface area contributed by atoms with Crippen LogP contribution >= 0.6 is 11.3 Å². The molecule has 1 aliphatic carbocycles. The van der Waals surface area contributed by atoms with Crippen molar-refractivity contribution in [1.29, 1.82) is 0 Å². The van der Waals surface area contributed by atoms with Crippen LogP contribution in [0, 0.1) is 0 Å². The second-order valence-corrected chi connectivity index (χ2v) is 10.4. The molecule has 1 aromatic rings. The lowest BCUT2D eigenvalue weighted by Crippen LogP contribution is -2.58. The molecule has 27 heavy (non-hydrogen) atoms. The van der Waals surface area contributed by atoms with Gasteiger partial charge < -0.3 is 10.6 Å². The maximum Gasteiger partial charge on any atom is 0.250 e. The molecule has 8 nitrogen and oxygen atoms in total. The van der Waals surface area contributed by atoms with E-state index in [1.807, 2.05) is 0 Å². The minimum Gasteiger partial charge on any atom is -0.353 e. The number of nitrogens with one attached hydrogen (secondary N) is 3. The fraction of sp³-hybridized carbons (Fsp3) is 0.647. The Morgan fingerprint density at radius 2 is 2.15 bits per heavy atom. The van der Waals surface area contributed by atoms with Crippen LogP contribution in [0.4, 0.5) is 0 Å². The number of hydrogen-bond donors (Lipinski definition) is 3. The number of amides is 2. The summed E-state index contributed by atoms with van der Waals surface area (Å²) < 4.78 is 28.0. The van der Waals surface area contributed by atoms with Crippen LogP contribution in [-0.4, -0.2) is 62.4 Å². The monoisotopic (exact) mass is 412 g/mol. The molecule has 148 valence electrons. The summed E-state index contributed by atoms with van der Waals surface area (Å²) >= 11 is 1.17. The van der Waals surface area contributed by atoms with Crippen molar-refractivity contribution in [1.82, 2.24) is 20.3 Å². The summed E-state index contributed by atoms with van der Waals surface area (Å²) in [7, 11) is -3.56. The Kier molecular flexibility index (Phi) is 5.23. The summed E-state index contributed by atoms with van der Waals surface area (Å²) in [6, 6.07) is 3.02. The molecule has 1 saturated carbocycles. The molecule has 0 aromatic carbocycles. The predicted octanol–water partition coefficient (Wildman–Crippen LogP) is 0.0265. The molecule has 0 spiro atoms. The zero-order valence-electron chi connectivity index (χ0n) is 14.9. The van der Waals surface area contributed by atoms with Gasteiger partial charge in [0.1, 0.15) is 4.21 Å². The number of nitrogens with zero attached hydrogens (tertiary/aromatic N) is 1. The zero-order valence-corrected chi connectivity index (χ0v) is 16.5. The zero-order chi connectivity index (χ0) is 19.0. The second-order valence-electron chi connectivity index (χ2n) is 7.48. The number of sulfonamides is 1. The van der Waals surface area contributed by atoms with E-state index < -0.39 is 10.0 Å². The number of carbonyl (C=O) groups is 2. The number of piperazine rings is 1. The van der Waals surface area contributed by atoms with Gasteiger partial charge in [0.15, 0.2) is 0 Å². The molecule has 0 unspecified atom stereocenters. The average Bonchev–Trinajstić information content (AvgIpc) is 3.11. The highest BCUT2D eigenvalue weighted by atomic mass is 32.2. The van der Waals surface area contributed by atoms with Crippen molar-refractivity contribution < 1.29 is 18.0 Å². The number of carbonyl (C=O) groups excluding carboxylic acids is 2. The van der Waals surface area contributed by atoms with Crippen molar-refractivity contribution in [2.45, 2.75) is 60.5 Å². The van der Waals surface area contributed by atoms with Gasteiger partial charge in [0.25, 0.3) is 0 Å². The normalized spacial score (nSPS) is 28.6. The summed E-state index contributed by atoms with van der Waals surface area (Å²) in [5.41, 5.74) is 0. The molecule has 3 N–H and O–H groups in total. The van der Waals surface area contributed by atoms with Gasteiger partial charge in [0.2, 0.25) is 21.8 Å².